The fourth-order valence-corrected chi connectivity index (χ4v) is 2.99. The number of allylic oxidation sites excluding steroid dienone is 1. The van der Waals surface area contributed by atoms with Crippen molar-refractivity contribution in [3.8, 4) is 0 Å². The minimum Gasteiger partial charge on any atom is -0.369 e. The van der Waals surface area contributed by atoms with Crippen molar-refractivity contribution in [2.24, 2.45) is 11.7 Å². The van der Waals surface area contributed by atoms with Crippen LogP contribution in [0.25, 0.3) is 5.57 Å². The Labute approximate surface area is 143 Å². The van der Waals surface area contributed by atoms with Gasteiger partial charge in [-0.3, -0.25) is 4.79 Å². The van der Waals surface area contributed by atoms with Crippen molar-refractivity contribution in [3.63, 3.8) is 0 Å². The van der Waals surface area contributed by atoms with Crippen molar-refractivity contribution >= 4 is 17.5 Å². The Hall–Kier alpha value is -2.30. The number of carbonyl (C=O) groups excluding carboxylic acids is 2. The molecule has 1 fully saturated rings. The van der Waals surface area contributed by atoms with Gasteiger partial charge in [0.1, 0.15) is 0 Å². The third kappa shape index (κ3) is 4.16. The molecule has 1 aliphatic heterocycles. The lowest BCUT2D eigenvalue weighted by Gasteiger charge is -2.35. The van der Waals surface area contributed by atoms with Crippen LogP contribution in [0.2, 0.25) is 0 Å². The van der Waals surface area contributed by atoms with Gasteiger partial charge in [-0.1, -0.05) is 30.4 Å². The summed E-state index contributed by atoms with van der Waals surface area (Å²) < 4.78 is 0. The number of hydrogen-bond acceptors (Lipinski definition) is 2. The molecule has 24 heavy (non-hydrogen) atoms. The first-order valence-corrected chi connectivity index (χ1v) is 8.33. The fraction of sp³-hybridized carbons (Fsp3) is 0.474. The van der Waals surface area contributed by atoms with Gasteiger partial charge in [0.05, 0.1) is 11.5 Å². The van der Waals surface area contributed by atoms with E-state index in [0.717, 1.165) is 29.5 Å². The molecule has 130 valence electrons. The van der Waals surface area contributed by atoms with E-state index in [1.54, 1.807) is 4.90 Å². The fourth-order valence-electron chi connectivity index (χ4n) is 2.99. The predicted molar refractivity (Wildman–Crippen MR) is 96.2 cm³/mol. The monoisotopic (exact) mass is 329 g/mol. The summed E-state index contributed by atoms with van der Waals surface area (Å²) in [5.41, 5.74) is 7.92. The van der Waals surface area contributed by atoms with Crippen LogP contribution in [0.5, 0.6) is 0 Å². The van der Waals surface area contributed by atoms with Crippen LogP contribution in [0.1, 0.15) is 44.7 Å². The predicted octanol–water partition coefficient (Wildman–Crippen LogP) is 2.86. The van der Waals surface area contributed by atoms with E-state index >= 15 is 0 Å². The molecule has 0 bridgehead atoms. The van der Waals surface area contributed by atoms with Crippen LogP contribution in [0.3, 0.4) is 0 Å². The quantitative estimate of drug-likeness (QED) is 0.891. The molecular weight excluding hydrogens is 302 g/mol. The molecule has 0 spiro atoms. The lowest BCUT2D eigenvalue weighted by Crippen LogP contribution is -2.52. The number of nitrogens with two attached hydrogens (primary N) is 1. The van der Waals surface area contributed by atoms with E-state index in [4.69, 9.17) is 5.73 Å². The number of carbonyl (C=O) groups is 2. The molecule has 2 rings (SSSR count). The van der Waals surface area contributed by atoms with Crippen LogP contribution in [-0.4, -0.2) is 29.9 Å². The van der Waals surface area contributed by atoms with Crippen molar-refractivity contribution in [2.45, 2.75) is 39.2 Å². The Morgan fingerprint density at radius 3 is 2.71 bits per heavy atom. The van der Waals surface area contributed by atoms with E-state index in [2.05, 4.69) is 11.9 Å². The van der Waals surface area contributed by atoms with Crippen LogP contribution in [-0.2, 0) is 10.3 Å². The first-order valence-electron chi connectivity index (χ1n) is 8.33. The molecule has 1 aromatic carbocycles. The van der Waals surface area contributed by atoms with Crippen LogP contribution in [0.4, 0.5) is 4.79 Å². The first-order chi connectivity index (χ1) is 11.2. The number of nitrogens with zero attached hydrogens (tertiary/aromatic N) is 1. The third-order valence-corrected chi connectivity index (χ3v) is 4.61. The number of hydrogen-bond donors (Lipinski definition) is 2. The zero-order chi connectivity index (χ0) is 17.9. The number of piperidine rings is 1. The molecule has 1 saturated heterocycles. The number of rotatable bonds is 4. The highest BCUT2D eigenvalue weighted by Gasteiger charge is 2.30. The van der Waals surface area contributed by atoms with Crippen LogP contribution in [0.15, 0.2) is 30.8 Å². The van der Waals surface area contributed by atoms with Crippen LogP contribution in [0, 0.1) is 5.92 Å². The number of nitrogens with one attached hydrogen (secondary N) is 1. The summed E-state index contributed by atoms with van der Waals surface area (Å²) in [7, 11) is 0. The minimum atomic E-state index is -0.526. The Morgan fingerprint density at radius 2 is 2.08 bits per heavy atom. The molecular formula is C19H27N3O2. The average molecular weight is 329 g/mol. The second-order valence-electron chi connectivity index (χ2n) is 7.10. The highest BCUT2D eigenvalue weighted by molar-refractivity contribution is 5.80. The average Bonchev–Trinajstić information content (AvgIpc) is 2.54. The van der Waals surface area contributed by atoms with Gasteiger partial charge in [0, 0.05) is 13.1 Å². The van der Waals surface area contributed by atoms with Gasteiger partial charge in [0.2, 0.25) is 5.91 Å². The van der Waals surface area contributed by atoms with E-state index < -0.39 is 5.54 Å². The van der Waals surface area contributed by atoms with Crippen molar-refractivity contribution in [2.75, 3.05) is 13.1 Å². The van der Waals surface area contributed by atoms with Gasteiger partial charge in [-0.15, -0.1) is 0 Å². The van der Waals surface area contributed by atoms with Crippen LogP contribution < -0.4 is 11.1 Å². The Balaban J connectivity index is 2.10. The van der Waals surface area contributed by atoms with E-state index in [1.807, 2.05) is 45.0 Å². The Bertz CT molecular complexity index is 652. The maximum atomic E-state index is 12.6. The molecule has 1 aromatic rings. The van der Waals surface area contributed by atoms with Gasteiger partial charge < -0.3 is 16.0 Å². The lowest BCUT2D eigenvalue weighted by molar-refractivity contribution is -0.123. The van der Waals surface area contributed by atoms with E-state index in [9.17, 15) is 9.59 Å². The maximum absolute atomic E-state index is 12.6. The molecule has 1 heterocycles. The van der Waals surface area contributed by atoms with Gasteiger partial charge in [-0.2, -0.15) is 0 Å². The smallest absolute Gasteiger partial charge is 0.318 e. The first kappa shape index (κ1) is 18.0. The molecule has 5 nitrogen and oxygen atoms in total. The van der Waals surface area contributed by atoms with Gasteiger partial charge in [-0.25, -0.2) is 4.79 Å². The van der Waals surface area contributed by atoms with Crippen LogP contribution >= 0.6 is 0 Å². The summed E-state index contributed by atoms with van der Waals surface area (Å²) in [5.74, 6) is -0.583. The number of amides is 3. The van der Waals surface area contributed by atoms with Gasteiger partial charge >= 0.3 is 6.03 Å². The minimum absolute atomic E-state index is 0.160. The molecule has 3 N–H and O–H groups in total. The molecule has 0 aliphatic carbocycles. The second-order valence-corrected chi connectivity index (χ2v) is 7.10. The molecule has 0 radical (unpaired) electrons. The van der Waals surface area contributed by atoms with E-state index in [-0.39, 0.29) is 17.9 Å². The Kier molecular flexibility index (Phi) is 5.32. The second kappa shape index (κ2) is 7.07. The Morgan fingerprint density at radius 1 is 1.38 bits per heavy atom. The normalized spacial score (nSPS) is 18.1. The summed E-state index contributed by atoms with van der Waals surface area (Å²) in [6.45, 7) is 10.9. The molecule has 0 aromatic heterocycles. The highest BCUT2D eigenvalue weighted by Crippen LogP contribution is 2.24. The highest BCUT2D eigenvalue weighted by atomic mass is 16.2. The topological polar surface area (TPSA) is 75.4 Å². The van der Waals surface area contributed by atoms with E-state index in [0.29, 0.717) is 13.1 Å². The van der Waals surface area contributed by atoms with Crippen molar-refractivity contribution in [1.82, 2.24) is 10.2 Å². The zero-order valence-electron chi connectivity index (χ0n) is 14.8. The third-order valence-electron chi connectivity index (χ3n) is 4.61. The van der Waals surface area contributed by atoms with Gasteiger partial charge in [0.25, 0.3) is 0 Å². The lowest BCUT2D eigenvalue weighted by atomic mass is 9.91. The SMILES string of the molecule is C=C(C)c1cccc(C(C)(C)NC(=O)N2CCC[C@@H](C(N)=O)C2)c1. The molecule has 1 atom stereocenters. The largest absolute Gasteiger partial charge is 0.369 e. The molecule has 3 amide bonds. The number of benzene rings is 1. The number of primary amides is 1. The van der Waals surface area contributed by atoms with Gasteiger partial charge in [-0.05, 0) is 50.8 Å². The van der Waals surface area contributed by atoms with Crippen molar-refractivity contribution in [3.05, 3.63) is 42.0 Å². The zero-order valence-corrected chi connectivity index (χ0v) is 14.8. The molecule has 0 saturated carbocycles. The van der Waals surface area contributed by atoms with Crippen molar-refractivity contribution in [1.29, 1.82) is 0 Å². The number of urea groups is 1. The summed E-state index contributed by atoms with van der Waals surface area (Å²) in [6, 6.07) is 7.86. The number of likely N-dealkylation sites (tertiary alicyclic amines) is 1. The molecule has 1 aliphatic rings. The van der Waals surface area contributed by atoms with Gasteiger partial charge in [0.15, 0.2) is 0 Å². The van der Waals surface area contributed by atoms with Crippen molar-refractivity contribution < 1.29 is 9.59 Å². The summed E-state index contributed by atoms with van der Waals surface area (Å²) in [6.07, 6.45) is 1.55. The van der Waals surface area contributed by atoms with E-state index in [1.165, 1.54) is 0 Å². The molecule has 0 unspecified atom stereocenters. The standard InChI is InChI=1S/C19H27N3O2/c1-13(2)14-7-5-9-16(11-14)19(3,4)21-18(24)22-10-6-8-15(12-22)17(20)23/h5,7,9,11,15H,1,6,8,10,12H2,2-4H3,(H2,20,23)(H,21,24)/t15-/m1/s1. The summed E-state index contributed by atoms with van der Waals surface area (Å²) >= 11 is 0. The molecule has 5 heteroatoms. The maximum Gasteiger partial charge on any atom is 0.318 e. The summed E-state index contributed by atoms with van der Waals surface area (Å²) in [5, 5.41) is 3.07. The summed E-state index contributed by atoms with van der Waals surface area (Å²) in [4.78, 5) is 25.7.